The molecule has 2 N–H and O–H groups in total. The number of aromatic nitrogens is 2. The van der Waals surface area contributed by atoms with Crippen molar-refractivity contribution in [2.75, 3.05) is 29.4 Å². The largest absolute Gasteiger partial charge is 0.391 e. The standard InChI is InChI=1S/C21H22N4O2/c26-16-8-10-24(12-16)15-5-6-18-17(11-15)21(27)23-20(22-18)13-25-9-7-14-3-1-2-4-19(14)25/h1-6,11,16,26H,7-10,12-13H2,(H,22,23,27). The van der Waals surface area contributed by atoms with E-state index in [0.29, 0.717) is 29.8 Å². The predicted octanol–water partition coefficient (Wildman–Crippen LogP) is 2.06. The minimum Gasteiger partial charge on any atom is -0.391 e. The number of anilines is 2. The highest BCUT2D eigenvalue weighted by molar-refractivity contribution is 5.82. The van der Waals surface area contributed by atoms with E-state index in [4.69, 9.17) is 4.98 Å². The number of hydrogen-bond donors (Lipinski definition) is 2. The van der Waals surface area contributed by atoms with Crippen LogP contribution in [0.2, 0.25) is 0 Å². The summed E-state index contributed by atoms with van der Waals surface area (Å²) in [7, 11) is 0. The average Bonchev–Trinajstić information content (AvgIpc) is 3.28. The number of fused-ring (bicyclic) bond motifs is 2. The number of para-hydroxylation sites is 1. The zero-order valence-electron chi connectivity index (χ0n) is 15.1. The Morgan fingerprint density at radius 3 is 2.93 bits per heavy atom. The van der Waals surface area contributed by atoms with Crippen molar-refractivity contribution in [2.45, 2.75) is 25.5 Å². The second kappa shape index (κ2) is 6.39. The van der Waals surface area contributed by atoms with E-state index in [-0.39, 0.29) is 11.7 Å². The Bertz CT molecular complexity index is 1060. The van der Waals surface area contributed by atoms with Crippen molar-refractivity contribution >= 4 is 22.3 Å². The molecular weight excluding hydrogens is 340 g/mol. The lowest BCUT2D eigenvalue weighted by Crippen LogP contribution is -2.24. The van der Waals surface area contributed by atoms with Gasteiger partial charge in [0.25, 0.3) is 5.56 Å². The van der Waals surface area contributed by atoms with Gasteiger partial charge in [0.05, 0.1) is 23.6 Å². The van der Waals surface area contributed by atoms with Crippen LogP contribution in [0.4, 0.5) is 11.4 Å². The van der Waals surface area contributed by atoms with Gasteiger partial charge in [-0.1, -0.05) is 18.2 Å². The zero-order chi connectivity index (χ0) is 18.4. The summed E-state index contributed by atoms with van der Waals surface area (Å²) in [5.74, 6) is 0.688. The molecule has 0 bridgehead atoms. The summed E-state index contributed by atoms with van der Waals surface area (Å²) in [5.41, 5.74) is 4.14. The maximum absolute atomic E-state index is 12.7. The fourth-order valence-corrected chi connectivity index (χ4v) is 4.17. The van der Waals surface area contributed by atoms with Crippen molar-refractivity contribution in [3.8, 4) is 0 Å². The van der Waals surface area contributed by atoms with Crippen molar-refractivity contribution in [1.29, 1.82) is 0 Å². The van der Waals surface area contributed by atoms with Crippen LogP contribution in [0.15, 0.2) is 47.3 Å². The first kappa shape index (κ1) is 16.3. The van der Waals surface area contributed by atoms with Crippen LogP contribution in [0.3, 0.4) is 0 Å². The number of aromatic amines is 1. The molecule has 5 rings (SSSR count). The number of aliphatic hydroxyl groups is 1. The van der Waals surface area contributed by atoms with Crippen LogP contribution in [0.1, 0.15) is 17.8 Å². The molecule has 2 aliphatic rings. The first-order valence-electron chi connectivity index (χ1n) is 9.46. The van der Waals surface area contributed by atoms with Crippen LogP contribution in [0.5, 0.6) is 0 Å². The van der Waals surface area contributed by atoms with Crippen LogP contribution in [0, 0.1) is 0 Å². The minimum atomic E-state index is -0.289. The molecular formula is C21H22N4O2. The van der Waals surface area contributed by atoms with Gasteiger partial charge in [0.15, 0.2) is 0 Å². The molecule has 1 aromatic heterocycles. The molecule has 1 atom stereocenters. The van der Waals surface area contributed by atoms with Gasteiger partial charge in [0.1, 0.15) is 5.82 Å². The topological polar surface area (TPSA) is 72.5 Å². The van der Waals surface area contributed by atoms with Crippen molar-refractivity contribution < 1.29 is 5.11 Å². The highest BCUT2D eigenvalue weighted by Gasteiger charge is 2.22. The second-order valence-electron chi connectivity index (χ2n) is 7.40. The van der Waals surface area contributed by atoms with E-state index in [2.05, 4.69) is 33.0 Å². The van der Waals surface area contributed by atoms with Gasteiger partial charge >= 0.3 is 0 Å². The minimum absolute atomic E-state index is 0.107. The van der Waals surface area contributed by atoms with E-state index in [9.17, 15) is 9.90 Å². The smallest absolute Gasteiger partial charge is 0.258 e. The molecule has 0 radical (unpaired) electrons. The molecule has 0 amide bonds. The van der Waals surface area contributed by atoms with E-state index in [1.807, 2.05) is 24.3 Å². The Hall–Kier alpha value is -2.86. The second-order valence-corrected chi connectivity index (χ2v) is 7.40. The Kier molecular flexibility index (Phi) is 3.86. The van der Waals surface area contributed by atoms with E-state index in [1.165, 1.54) is 11.3 Å². The zero-order valence-corrected chi connectivity index (χ0v) is 15.1. The molecule has 27 heavy (non-hydrogen) atoms. The lowest BCUT2D eigenvalue weighted by molar-refractivity contribution is 0.198. The van der Waals surface area contributed by atoms with Crippen LogP contribution < -0.4 is 15.4 Å². The Morgan fingerprint density at radius 1 is 1.19 bits per heavy atom. The molecule has 1 unspecified atom stereocenters. The van der Waals surface area contributed by atoms with Crippen LogP contribution in [-0.2, 0) is 13.0 Å². The molecule has 1 fully saturated rings. The molecule has 3 heterocycles. The molecule has 1 saturated heterocycles. The maximum Gasteiger partial charge on any atom is 0.258 e. The molecule has 0 spiro atoms. The normalized spacial score (nSPS) is 19.1. The van der Waals surface area contributed by atoms with Gasteiger partial charge in [-0.2, -0.15) is 0 Å². The Labute approximate surface area is 157 Å². The molecule has 6 nitrogen and oxygen atoms in total. The van der Waals surface area contributed by atoms with Gasteiger partial charge in [-0.25, -0.2) is 4.98 Å². The summed E-state index contributed by atoms with van der Waals surface area (Å²) in [6, 6.07) is 14.2. The Balaban J connectivity index is 1.45. The lowest BCUT2D eigenvalue weighted by atomic mass is 10.2. The fraction of sp³-hybridized carbons (Fsp3) is 0.333. The molecule has 0 saturated carbocycles. The molecule has 3 aromatic rings. The quantitative estimate of drug-likeness (QED) is 0.746. The van der Waals surface area contributed by atoms with E-state index < -0.39 is 0 Å². The summed E-state index contributed by atoms with van der Waals surface area (Å²) >= 11 is 0. The first-order valence-corrected chi connectivity index (χ1v) is 9.46. The summed E-state index contributed by atoms with van der Waals surface area (Å²) in [5, 5.41) is 10.3. The van der Waals surface area contributed by atoms with Gasteiger partial charge in [0, 0.05) is 31.0 Å². The van der Waals surface area contributed by atoms with Gasteiger partial charge in [-0.3, -0.25) is 4.79 Å². The highest BCUT2D eigenvalue weighted by atomic mass is 16.3. The van der Waals surface area contributed by atoms with Crippen LogP contribution in [0.25, 0.3) is 10.9 Å². The van der Waals surface area contributed by atoms with Crippen molar-refractivity contribution in [3.05, 3.63) is 64.2 Å². The maximum atomic E-state index is 12.7. The average molecular weight is 362 g/mol. The number of nitrogens with one attached hydrogen (secondary N) is 1. The molecule has 138 valence electrons. The van der Waals surface area contributed by atoms with Crippen molar-refractivity contribution in [1.82, 2.24) is 9.97 Å². The van der Waals surface area contributed by atoms with Crippen molar-refractivity contribution in [3.63, 3.8) is 0 Å². The number of nitrogens with zero attached hydrogens (tertiary/aromatic N) is 3. The predicted molar refractivity (Wildman–Crippen MR) is 106 cm³/mol. The molecule has 6 heteroatoms. The summed E-state index contributed by atoms with van der Waals surface area (Å²) in [6.07, 6.45) is 1.50. The van der Waals surface area contributed by atoms with E-state index in [1.54, 1.807) is 0 Å². The third-order valence-corrected chi connectivity index (χ3v) is 5.59. The van der Waals surface area contributed by atoms with Crippen molar-refractivity contribution in [2.24, 2.45) is 0 Å². The highest BCUT2D eigenvalue weighted by Crippen LogP contribution is 2.28. The first-order chi connectivity index (χ1) is 13.2. The lowest BCUT2D eigenvalue weighted by Gasteiger charge is -2.19. The summed E-state index contributed by atoms with van der Waals surface area (Å²) in [6.45, 7) is 2.97. The number of H-pyrrole nitrogens is 1. The number of β-amino-alcohol motifs (C(OH)–C–C–N with tert-alkyl or cyclic N) is 1. The van der Waals surface area contributed by atoms with Gasteiger partial charge in [-0.15, -0.1) is 0 Å². The van der Waals surface area contributed by atoms with Gasteiger partial charge in [0.2, 0.25) is 0 Å². The SMILES string of the molecule is O=c1[nH]c(CN2CCc3ccccc32)nc2ccc(N3CCC(O)C3)cc12. The molecule has 2 aromatic carbocycles. The third kappa shape index (κ3) is 2.96. The van der Waals surface area contributed by atoms with Gasteiger partial charge in [-0.05, 0) is 42.7 Å². The Morgan fingerprint density at radius 2 is 2.07 bits per heavy atom. The number of aliphatic hydroxyl groups excluding tert-OH is 1. The van der Waals surface area contributed by atoms with Crippen LogP contribution in [-0.4, -0.2) is 40.8 Å². The number of rotatable bonds is 3. The molecule has 2 aliphatic heterocycles. The van der Waals surface area contributed by atoms with E-state index in [0.717, 1.165) is 31.6 Å². The van der Waals surface area contributed by atoms with Gasteiger partial charge < -0.3 is 19.9 Å². The fourth-order valence-electron chi connectivity index (χ4n) is 4.17. The monoisotopic (exact) mass is 362 g/mol. The summed E-state index contributed by atoms with van der Waals surface area (Å²) in [4.78, 5) is 24.7. The third-order valence-electron chi connectivity index (χ3n) is 5.59. The van der Waals surface area contributed by atoms with E-state index >= 15 is 0 Å². The molecule has 0 aliphatic carbocycles. The number of hydrogen-bond acceptors (Lipinski definition) is 5. The van der Waals surface area contributed by atoms with Crippen LogP contribution >= 0.6 is 0 Å². The number of benzene rings is 2. The summed E-state index contributed by atoms with van der Waals surface area (Å²) < 4.78 is 0.